The molecule has 0 aromatic heterocycles. The van der Waals surface area contributed by atoms with Gasteiger partial charge in [0, 0.05) is 5.56 Å². The summed E-state index contributed by atoms with van der Waals surface area (Å²) in [7, 11) is 1.62. The normalized spacial score (nSPS) is 27.7. The van der Waals surface area contributed by atoms with E-state index in [1.165, 1.54) is 0 Å². The van der Waals surface area contributed by atoms with Gasteiger partial charge in [0.25, 0.3) is 0 Å². The van der Waals surface area contributed by atoms with Crippen molar-refractivity contribution < 1.29 is 38.0 Å². The first kappa shape index (κ1) is 27.3. The molecule has 2 saturated heterocycles. The van der Waals surface area contributed by atoms with Gasteiger partial charge in [-0.3, -0.25) is 4.79 Å². The Labute approximate surface area is 218 Å². The first-order valence-electron chi connectivity index (χ1n) is 12.5. The van der Waals surface area contributed by atoms with Crippen molar-refractivity contribution in [2.45, 2.75) is 64.4 Å². The Bertz CT molecular complexity index is 1020. The lowest BCUT2D eigenvalue weighted by Crippen LogP contribution is -2.64. The summed E-state index contributed by atoms with van der Waals surface area (Å²) in [6.07, 6.45) is -2.53. The monoisotopic (exact) mass is 512 g/mol. The molecular formula is C29H36O8. The minimum absolute atomic E-state index is 0.215. The number of hydrogen-bond acceptors (Lipinski definition) is 8. The highest BCUT2D eigenvalue weighted by molar-refractivity contribution is 5.75. The van der Waals surface area contributed by atoms with E-state index in [2.05, 4.69) is 6.58 Å². The molecule has 0 amide bonds. The number of rotatable bonds is 9. The Morgan fingerprint density at radius 1 is 1.03 bits per heavy atom. The second kappa shape index (κ2) is 12.2. The lowest BCUT2D eigenvalue weighted by Gasteiger charge is -2.48. The summed E-state index contributed by atoms with van der Waals surface area (Å²) in [6, 6.07) is 17.3. The van der Waals surface area contributed by atoms with Gasteiger partial charge in [-0.1, -0.05) is 48.5 Å². The van der Waals surface area contributed by atoms with Gasteiger partial charge in [0.05, 0.1) is 32.3 Å². The molecule has 4 rings (SSSR count). The third-order valence-corrected chi connectivity index (χ3v) is 6.19. The van der Waals surface area contributed by atoms with Gasteiger partial charge in [-0.25, -0.2) is 0 Å². The maximum atomic E-state index is 13.0. The van der Waals surface area contributed by atoms with Crippen LogP contribution in [0.15, 0.2) is 67.3 Å². The molecule has 2 aliphatic heterocycles. The van der Waals surface area contributed by atoms with Crippen LogP contribution in [0.4, 0.5) is 0 Å². The maximum Gasteiger partial charge on any atom is 0.311 e. The van der Waals surface area contributed by atoms with Crippen molar-refractivity contribution in [3.05, 3.63) is 78.4 Å². The quantitative estimate of drug-likeness (QED) is 0.357. The lowest BCUT2D eigenvalue weighted by molar-refractivity contribution is -0.366. The molecule has 0 radical (unpaired) electrons. The zero-order valence-corrected chi connectivity index (χ0v) is 21.8. The number of hydrogen-bond donors (Lipinski definition) is 0. The standard InChI is InChI=1S/C29H36O8/c1-6-16-32-27-25(37-28(30)29(2,3)4)24(33-17-19-10-8-7-9-11-19)23-22(35-27)18-34-26(36-23)20-12-14-21(31-5)15-13-20/h6-15,22-27H,1,16-18H2,2-5H3/t22-,23-,24+,25-,26-,27-/m1/s1. The molecule has 0 saturated carbocycles. The summed E-state index contributed by atoms with van der Waals surface area (Å²) in [5.74, 6) is 0.345. The average Bonchev–Trinajstić information content (AvgIpc) is 2.91. The van der Waals surface area contributed by atoms with Gasteiger partial charge in [-0.15, -0.1) is 6.58 Å². The summed E-state index contributed by atoms with van der Waals surface area (Å²) in [6.45, 7) is 9.88. The SMILES string of the molecule is C=CCO[C@@H]1O[C@@H]2CO[C@@H](c3ccc(OC)cc3)O[C@H]2[C@H](OCc2ccccc2)[C@H]1OC(=O)C(C)(C)C. The molecule has 200 valence electrons. The summed E-state index contributed by atoms with van der Waals surface area (Å²) < 4.78 is 42.3. The predicted octanol–water partition coefficient (Wildman–Crippen LogP) is 4.58. The summed E-state index contributed by atoms with van der Waals surface area (Å²) in [4.78, 5) is 13.0. The van der Waals surface area contributed by atoms with Crippen LogP contribution in [0.1, 0.15) is 38.2 Å². The fourth-order valence-corrected chi connectivity index (χ4v) is 4.16. The van der Waals surface area contributed by atoms with Crippen LogP contribution < -0.4 is 4.74 Å². The van der Waals surface area contributed by atoms with Crippen LogP contribution in [-0.2, 0) is 39.8 Å². The van der Waals surface area contributed by atoms with E-state index >= 15 is 0 Å². The van der Waals surface area contributed by atoms with Crippen molar-refractivity contribution in [3.63, 3.8) is 0 Å². The molecule has 8 heteroatoms. The molecule has 0 aliphatic carbocycles. The Kier molecular flexibility index (Phi) is 9.00. The number of esters is 1. The number of fused-ring (bicyclic) bond motifs is 1. The van der Waals surface area contributed by atoms with Crippen LogP contribution >= 0.6 is 0 Å². The van der Waals surface area contributed by atoms with E-state index in [9.17, 15) is 4.79 Å². The van der Waals surface area contributed by atoms with Gasteiger partial charge in [-0.05, 0) is 38.5 Å². The van der Waals surface area contributed by atoms with E-state index in [1.807, 2.05) is 54.6 Å². The topological polar surface area (TPSA) is 81.7 Å². The van der Waals surface area contributed by atoms with Crippen molar-refractivity contribution in [3.8, 4) is 5.75 Å². The molecule has 37 heavy (non-hydrogen) atoms. The zero-order chi connectivity index (χ0) is 26.4. The summed E-state index contributed by atoms with van der Waals surface area (Å²) in [5, 5.41) is 0. The van der Waals surface area contributed by atoms with Crippen LogP contribution in [0.5, 0.6) is 5.75 Å². The molecule has 0 bridgehead atoms. The van der Waals surface area contributed by atoms with Gasteiger partial charge < -0.3 is 33.2 Å². The molecule has 0 N–H and O–H groups in total. The van der Waals surface area contributed by atoms with E-state index in [4.69, 9.17) is 33.2 Å². The third kappa shape index (κ3) is 6.77. The molecule has 2 aromatic rings. The summed E-state index contributed by atoms with van der Waals surface area (Å²) >= 11 is 0. The zero-order valence-electron chi connectivity index (χ0n) is 21.8. The van der Waals surface area contributed by atoms with E-state index in [1.54, 1.807) is 34.0 Å². The third-order valence-electron chi connectivity index (χ3n) is 6.19. The highest BCUT2D eigenvalue weighted by atomic mass is 16.8. The average molecular weight is 513 g/mol. The molecule has 2 aromatic carbocycles. The summed E-state index contributed by atoms with van der Waals surface area (Å²) in [5.41, 5.74) is 1.08. The fourth-order valence-electron chi connectivity index (χ4n) is 4.16. The number of ether oxygens (including phenoxy) is 7. The second-order valence-corrected chi connectivity index (χ2v) is 10.1. The Morgan fingerprint density at radius 3 is 2.41 bits per heavy atom. The fraction of sp³-hybridized carbons (Fsp3) is 0.483. The maximum absolute atomic E-state index is 13.0. The molecule has 6 atom stereocenters. The van der Waals surface area contributed by atoms with Crippen molar-refractivity contribution in [2.75, 3.05) is 20.3 Å². The molecule has 8 nitrogen and oxygen atoms in total. The van der Waals surface area contributed by atoms with Crippen LogP contribution in [0.2, 0.25) is 0 Å². The number of benzene rings is 2. The molecule has 2 heterocycles. The van der Waals surface area contributed by atoms with Crippen LogP contribution in [0.3, 0.4) is 0 Å². The Balaban J connectivity index is 1.62. The van der Waals surface area contributed by atoms with Crippen molar-refractivity contribution in [1.29, 1.82) is 0 Å². The lowest BCUT2D eigenvalue weighted by atomic mass is 9.95. The number of methoxy groups -OCH3 is 1. The van der Waals surface area contributed by atoms with Gasteiger partial charge in [0.15, 0.2) is 18.7 Å². The highest BCUT2D eigenvalue weighted by Gasteiger charge is 2.53. The first-order valence-corrected chi connectivity index (χ1v) is 12.5. The van der Waals surface area contributed by atoms with Crippen molar-refractivity contribution in [2.24, 2.45) is 5.41 Å². The molecular weight excluding hydrogens is 476 g/mol. The Morgan fingerprint density at radius 2 is 1.76 bits per heavy atom. The highest BCUT2D eigenvalue weighted by Crippen LogP contribution is 2.38. The van der Waals surface area contributed by atoms with Crippen LogP contribution in [0, 0.1) is 5.41 Å². The van der Waals surface area contributed by atoms with Gasteiger partial charge in [0.2, 0.25) is 0 Å². The van der Waals surface area contributed by atoms with Gasteiger partial charge in [0.1, 0.15) is 24.1 Å². The number of carbonyl (C=O) groups is 1. The molecule has 0 spiro atoms. The van der Waals surface area contributed by atoms with E-state index in [0.29, 0.717) is 6.61 Å². The predicted molar refractivity (Wildman–Crippen MR) is 136 cm³/mol. The first-order chi connectivity index (χ1) is 17.8. The minimum Gasteiger partial charge on any atom is -0.497 e. The van der Waals surface area contributed by atoms with E-state index < -0.39 is 42.4 Å². The van der Waals surface area contributed by atoms with Crippen molar-refractivity contribution >= 4 is 5.97 Å². The van der Waals surface area contributed by atoms with Crippen LogP contribution in [0.25, 0.3) is 0 Å². The van der Waals surface area contributed by atoms with E-state index in [-0.39, 0.29) is 19.2 Å². The molecule has 0 unspecified atom stereocenters. The minimum atomic E-state index is -0.879. The largest absolute Gasteiger partial charge is 0.497 e. The Hall–Kier alpha value is -2.75. The molecule has 2 aliphatic rings. The number of carbonyl (C=O) groups excluding carboxylic acids is 1. The molecule has 2 fully saturated rings. The van der Waals surface area contributed by atoms with Crippen LogP contribution in [-0.4, -0.2) is 57.0 Å². The van der Waals surface area contributed by atoms with Crippen molar-refractivity contribution in [1.82, 2.24) is 0 Å². The second-order valence-electron chi connectivity index (χ2n) is 10.1. The van der Waals surface area contributed by atoms with E-state index in [0.717, 1.165) is 16.9 Å². The smallest absolute Gasteiger partial charge is 0.311 e. The van der Waals surface area contributed by atoms with Gasteiger partial charge in [-0.2, -0.15) is 0 Å². The van der Waals surface area contributed by atoms with Gasteiger partial charge >= 0.3 is 5.97 Å².